The van der Waals surface area contributed by atoms with Crippen molar-refractivity contribution in [1.82, 2.24) is 9.97 Å². The molecule has 2 rings (SSSR count). The number of imidazole rings is 1. The lowest BCUT2D eigenvalue weighted by Gasteiger charge is -2.15. The maximum atomic E-state index is 13.4. The van der Waals surface area contributed by atoms with Gasteiger partial charge in [0.05, 0.1) is 5.52 Å². The summed E-state index contributed by atoms with van der Waals surface area (Å²) >= 11 is 0. The van der Waals surface area contributed by atoms with Gasteiger partial charge >= 0.3 is 0 Å². The topological polar surface area (TPSA) is 28.7 Å². The summed E-state index contributed by atoms with van der Waals surface area (Å²) in [5.74, 6) is -0.519. The van der Waals surface area contributed by atoms with Crippen LogP contribution in [0.25, 0.3) is 11.0 Å². The van der Waals surface area contributed by atoms with E-state index in [4.69, 9.17) is 0 Å². The molecule has 2 aromatic rings. The van der Waals surface area contributed by atoms with Crippen LogP contribution >= 0.6 is 0 Å². The van der Waals surface area contributed by atoms with Gasteiger partial charge in [-0.2, -0.15) is 0 Å². The van der Waals surface area contributed by atoms with Crippen LogP contribution in [0.2, 0.25) is 0 Å². The number of halogens is 2. The number of hydrogen-bond acceptors (Lipinski definition) is 1. The second-order valence-electron chi connectivity index (χ2n) is 5.20. The first kappa shape index (κ1) is 11.0. The molecular weight excluding hydrogens is 210 g/mol. The van der Waals surface area contributed by atoms with Crippen molar-refractivity contribution in [2.75, 3.05) is 0 Å². The van der Waals surface area contributed by atoms with E-state index >= 15 is 0 Å². The molecule has 1 aromatic heterocycles. The third-order valence-electron chi connectivity index (χ3n) is 2.25. The minimum Gasteiger partial charge on any atom is -0.342 e. The van der Waals surface area contributed by atoms with Crippen molar-refractivity contribution in [2.45, 2.75) is 27.2 Å². The Morgan fingerprint density at radius 3 is 2.56 bits per heavy atom. The van der Waals surface area contributed by atoms with Gasteiger partial charge in [0.25, 0.3) is 0 Å². The number of nitrogens with one attached hydrogen (secondary N) is 1. The molecule has 0 atom stereocenters. The molecule has 0 aliphatic heterocycles. The van der Waals surface area contributed by atoms with Crippen LogP contribution in [0.3, 0.4) is 0 Å². The number of fused-ring (bicyclic) bond motifs is 1. The number of aromatic nitrogens is 2. The molecule has 86 valence electrons. The monoisotopic (exact) mass is 224 g/mol. The van der Waals surface area contributed by atoms with E-state index in [0.717, 1.165) is 6.07 Å². The summed E-state index contributed by atoms with van der Waals surface area (Å²) < 4.78 is 26.3. The van der Waals surface area contributed by atoms with Crippen LogP contribution in [-0.4, -0.2) is 9.97 Å². The number of H-pyrrole nitrogens is 1. The van der Waals surface area contributed by atoms with E-state index in [0.29, 0.717) is 17.8 Å². The van der Waals surface area contributed by atoms with Crippen molar-refractivity contribution in [3.05, 3.63) is 29.6 Å². The van der Waals surface area contributed by atoms with Gasteiger partial charge < -0.3 is 4.98 Å². The average molecular weight is 224 g/mol. The molecule has 0 bridgehead atoms. The summed E-state index contributed by atoms with van der Waals surface area (Å²) in [6, 6.07) is 2.11. The fraction of sp³-hybridized carbons (Fsp3) is 0.417. The van der Waals surface area contributed by atoms with E-state index in [9.17, 15) is 8.78 Å². The van der Waals surface area contributed by atoms with E-state index in [1.54, 1.807) is 0 Å². The fourth-order valence-corrected chi connectivity index (χ4v) is 1.68. The van der Waals surface area contributed by atoms with Gasteiger partial charge in [0.15, 0.2) is 5.82 Å². The highest BCUT2D eigenvalue weighted by molar-refractivity contribution is 5.75. The van der Waals surface area contributed by atoms with Gasteiger partial charge in [-0.3, -0.25) is 0 Å². The molecule has 1 aromatic carbocycles. The number of nitrogens with zero attached hydrogens (tertiary/aromatic N) is 1. The molecule has 4 heteroatoms. The Balaban J connectivity index is 2.48. The molecule has 0 aliphatic carbocycles. The molecule has 0 aliphatic rings. The maximum Gasteiger partial charge on any atom is 0.153 e. The number of rotatable bonds is 1. The second kappa shape index (κ2) is 3.54. The summed E-state index contributed by atoms with van der Waals surface area (Å²) in [5.41, 5.74) is 0.681. The first-order valence-corrected chi connectivity index (χ1v) is 5.19. The zero-order chi connectivity index (χ0) is 11.9. The highest BCUT2D eigenvalue weighted by atomic mass is 19.1. The average Bonchev–Trinajstić information content (AvgIpc) is 2.43. The van der Waals surface area contributed by atoms with Crippen LogP contribution in [0, 0.1) is 17.0 Å². The Bertz CT molecular complexity index is 524. The molecule has 0 saturated carbocycles. The third-order valence-corrected chi connectivity index (χ3v) is 2.25. The predicted molar refractivity (Wildman–Crippen MR) is 59.2 cm³/mol. The summed E-state index contributed by atoms with van der Waals surface area (Å²) in [4.78, 5) is 7.08. The Hall–Kier alpha value is -1.45. The van der Waals surface area contributed by atoms with Crippen LogP contribution in [0.15, 0.2) is 12.1 Å². The third kappa shape index (κ3) is 2.21. The Labute approximate surface area is 92.7 Å². The molecule has 0 radical (unpaired) electrons. The first-order valence-electron chi connectivity index (χ1n) is 5.19. The summed E-state index contributed by atoms with van der Waals surface area (Å²) in [5, 5.41) is 0. The lowest BCUT2D eigenvalue weighted by molar-refractivity contribution is 0.402. The van der Waals surface area contributed by atoms with E-state index in [1.165, 1.54) is 6.07 Å². The molecule has 1 heterocycles. The Morgan fingerprint density at radius 2 is 1.94 bits per heavy atom. The van der Waals surface area contributed by atoms with E-state index in [-0.39, 0.29) is 10.9 Å². The van der Waals surface area contributed by atoms with Crippen molar-refractivity contribution >= 4 is 11.0 Å². The quantitative estimate of drug-likeness (QED) is 0.789. The fourth-order valence-electron chi connectivity index (χ4n) is 1.68. The van der Waals surface area contributed by atoms with Crippen LogP contribution in [0.1, 0.15) is 26.6 Å². The van der Waals surface area contributed by atoms with Crippen LogP contribution < -0.4 is 0 Å². The number of aromatic amines is 1. The molecule has 0 saturated heterocycles. The van der Waals surface area contributed by atoms with Gasteiger partial charge in [-0.15, -0.1) is 0 Å². The second-order valence-corrected chi connectivity index (χ2v) is 5.20. The predicted octanol–water partition coefficient (Wildman–Crippen LogP) is 3.43. The molecule has 16 heavy (non-hydrogen) atoms. The Morgan fingerprint density at radius 1 is 1.25 bits per heavy atom. The molecular formula is C12H14F2N2. The number of benzene rings is 1. The van der Waals surface area contributed by atoms with Gasteiger partial charge in [-0.05, 0) is 11.5 Å². The van der Waals surface area contributed by atoms with Gasteiger partial charge in [0.1, 0.15) is 17.2 Å². The molecule has 0 fully saturated rings. The van der Waals surface area contributed by atoms with Crippen molar-refractivity contribution in [3.8, 4) is 0 Å². The highest BCUT2D eigenvalue weighted by Crippen LogP contribution is 2.22. The molecule has 2 nitrogen and oxygen atoms in total. The lowest BCUT2D eigenvalue weighted by Crippen LogP contribution is -2.10. The number of hydrogen-bond donors (Lipinski definition) is 1. The minimum absolute atomic E-state index is 0.0584. The van der Waals surface area contributed by atoms with E-state index in [1.807, 2.05) is 0 Å². The van der Waals surface area contributed by atoms with Gasteiger partial charge in [-0.1, -0.05) is 20.8 Å². The first-order chi connectivity index (χ1) is 7.35. The van der Waals surface area contributed by atoms with E-state index in [2.05, 4.69) is 30.7 Å². The minimum atomic E-state index is -0.619. The Kier molecular flexibility index (Phi) is 2.45. The largest absolute Gasteiger partial charge is 0.342 e. The molecule has 1 N–H and O–H groups in total. The normalized spacial score (nSPS) is 12.3. The molecule has 0 unspecified atom stereocenters. The van der Waals surface area contributed by atoms with E-state index < -0.39 is 11.6 Å². The molecule has 0 amide bonds. The van der Waals surface area contributed by atoms with Gasteiger partial charge in [0, 0.05) is 12.5 Å². The zero-order valence-electron chi connectivity index (χ0n) is 9.56. The van der Waals surface area contributed by atoms with Crippen molar-refractivity contribution < 1.29 is 8.78 Å². The summed E-state index contributed by atoms with van der Waals surface area (Å²) in [6.07, 6.45) is 0.697. The lowest BCUT2D eigenvalue weighted by atomic mass is 9.92. The SMILES string of the molecule is CC(C)(C)Cc1nc2c(F)cc(F)cc2[nH]1. The summed E-state index contributed by atoms with van der Waals surface area (Å²) in [7, 11) is 0. The standard InChI is InChI=1S/C12H14F2N2/c1-12(2,3)6-10-15-9-5-7(13)4-8(14)11(9)16-10/h4-5H,6H2,1-3H3,(H,15,16). The summed E-state index contributed by atoms with van der Waals surface area (Å²) in [6.45, 7) is 6.20. The smallest absolute Gasteiger partial charge is 0.153 e. The van der Waals surface area contributed by atoms with Crippen LogP contribution in [0.4, 0.5) is 8.78 Å². The van der Waals surface area contributed by atoms with Crippen LogP contribution in [-0.2, 0) is 6.42 Å². The van der Waals surface area contributed by atoms with Crippen molar-refractivity contribution in [2.24, 2.45) is 5.41 Å². The van der Waals surface area contributed by atoms with Crippen molar-refractivity contribution in [1.29, 1.82) is 0 Å². The maximum absolute atomic E-state index is 13.4. The zero-order valence-corrected chi connectivity index (χ0v) is 9.56. The highest BCUT2D eigenvalue weighted by Gasteiger charge is 2.16. The van der Waals surface area contributed by atoms with Crippen molar-refractivity contribution in [3.63, 3.8) is 0 Å². The molecule has 0 spiro atoms. The van der Waals surface area contributed by atoms with Gasteiger partial charge in [-0.25, -0.2) is 13.8 Å². The van der Waals surface area contributed by atoms with Crippen LogP contribution in [0.5, 0.6) is 0 Å². The van der Waals surface area contributed by atoms with Gasteiger partial charge in [0.2, 0.25) is 0 Å².